The van der Waals surface area contributed by atoms with Gasteiger partial charge in [0.15, 0.2) is 8.32 Å². The van der Waals surface area contributed by atoms with Gasteiger partial charge in [-0.3, -0.25) is 0 Å². The molecule has 1 fully saturated rings. The van der Waals surface area contributed by atoms with Crippen molar-refractivity contribution in [2.75, 3.05) is 7.11 Å². The zero-order valence-electron chi connectivity index (χ0n) is 10.2. The Bertz CT molecular complexity index is 256. The highest BCUT2D eigenvalue weighted by molar-refractivity contribution is 6.69. The fourth-order valence-corrected chi connectivity index (χ4v) is 3.59. The van der Waals surface area contributed by atoms with E-state index in [1.807, 2.05) is 0 Å². The highest BCUT2D eigenvalue weighted by Gasteiger charge is 2.40. The molecule has 0 aromatic rings. The normalized spacial score (nSPS) is 32.3. The predicted molar refractivity (Wildman–Crippen MR) is 62.0 cm³/mol. The van der Waals surface area contributed by atoms with Gasteiger partial charge in [0.1, 0.15) is 5.60 Å². The molecule has 3 nitrogen and oxygen atoms in total. The summed E-state index contributed by atoms with van der Waals surface area (Å²) in [6, 6.07) is 2.37. The summed E-state index contributed by atoms with van der Waals surface area (Å²) in [5.41, 5.74) is -0.580. The van der Waals surface area contributed by atoms with Crippen LogP contribution in [0.2, 0.25) is 19.6 Å². The molecule has 0 aromatic carbocycles. The van der Waals surface area contributed by atoms with Gasteiger partial charge < -0.3 is 9.16 Å². The molecule has 1 saturated carbocycles. The van der Waals surface area contributed by atoms with Gasteiger partial charge >= 0.3 is 0 Å². The zero-order valence-corrected chi connectivity index (χ0v) is 11.2. The van der Waals surface area contributed by atoms with Gasteiger partial charge in [0.2, 0.25) is 0 Å². The molecule has 0 aliphatic heterocycles. The quantitative estimate of drug-likeness (QED) is 0.696. The van der Waals surface area contributed by atoms with Crippen LogP contribution >= 0.6 is 0 Å². The summed E-state index contributed by atoms with van der Waals surface area (Å²) >= 11 is 0. The van der Waals surface area contributed by atoms with Crippen LogP contribution in [-0.2, 0) is 9.16 Å². The molecule has 0 amide bonds. The van der Waals surface area contributed by atoms with E-state index in [4.69, 9.17) is 9.16 Å². The van der Waals surface area contributed by atoms with Gasteiger partial charge in [0, 0.05) is 13.5 Å². The second-order valence-electron chi connectivity index (χ2n) is 5.27. The van der Waals surface area contributed by atoms with Crippen molar-refractivity contribution < 1.29 is 9.16 Å². The smallest absolute Gasteiger partial charge is 0.185 e. The zero-order chi connectivity index (χ0) is 11.5. The van der Waals surface area contributed by atoms with E-state index in [1.54, 1.807) is 7.11 Å². The predicted octanol–water partition coefficient (Wildman–Crippen LogP) is 2.69. The molecule has 0 aromatic heterocycles. The molecular weight excluding hydrogens is 206 g/mol. The molecule has 1 rings (SSSR count). The van der Waals surface area contributed by atoms with E-state index in [0.717, 1.165) is 25.7 Å². The molecule has 0 N–H and O–H groups in total. The molecule has 0 saturated heterocycles. The number of hydrogen-bond acceptors (Lipinski definition) is 3. The van der Waals surface area contributed by atoms with Gasteiger partial charge in [-0.25, -0.2) is 0 Å². The topological polar surface area (TPSA) is 42.2 Å². The third kappa shape index (κ3) is 3.60. The first kappa shape index (κ1) is 12.7. The molecule has 2 atom stereocenters. The van der Waals surface area contributed by atoms with Crippen molar-refractivity contribution in [3.05, 3.63) is 0 Å². The third-order valence-electron chi connectivity index (χ3n) is 2.70. The van der Waals surface area contributed by atoms with Crippen LogP contribution in [0.4, 0.5) is 0 Å². The van der Waals surface area contributed by atoms with Crippen molar-refractivity contribution in [3.8, 4) is 6.07 Å². The molecule has 4 heteroatoms. The van der Waals surface area contributed by atoms with Gasteiger partial charge in [0.05, 0.1) is 12.2 Å². The summed E-state index contributed by atoms with van der Waals surface area (Å²) in [4.78, 5) is 0. The third-order valence-corrected chi connectivity index (χ3v) is 3.71. The summed E-state index contributed by atoms with van der Waals surface area (Å²) in [7, 11) is 0.0566. The van der Waals surface area contributed by atoms with E-state index < -0.39 is 13.9 Å². The number of nitrogens with zero attached hydrogens (tertiary/aromatic N) is 1. The second-order valence-corrected chi connectivity index (χ2v) is 9.70. The lowest BCUT2D eigenvalue weighted by Gasteiger charge is -2.39. The molecule has 0 heterocycles. The SMILES string of the molecule is COC1CCCC(C#N)(O[Si](C)(C)C)C1. The Kier molecular flexibility index (Phi) is 3.93. The summed E-state index contributed by atoms with van der Waals surface area (Å²) < 4.78 is 11.4. The number of ether oxygens (including phenoxy) is 1. The molecule has 0 spiro atoms. The van der Waals surface area contributed by atoms with E-state index >= 15 is 0 Å². The van der Waals surface area contributed by atoms with E-state index in [9.17, 15) is 5.26 Å². The number of methoxy groups -OCH3 is 1. The van der Waals surface area contributed by atoms with Crippen molar-refractivity contribution in [2.45, 2.75) is 57.0 Å². The molecule has 1 aliphatic rings. The van der Waals surface area contributed by atoms with Crippen LogP contribution in [0.5, 0.6) is 0 Å². The Labute approximate surface area is 93.5 Å². The van der Waals surface area contributed by atoms with Crippen LogP contribution in [0.25, 0.3) is 0 Å². The molecule has 86 valence electrons. The maximum atomic E-state index is 9.31. The summed E-state index contributed by atoms with van der Waals surface area (Å²) in [6.45, 7) is 6.38. The minimum atomic E-state index is -1.66. The lowest BCUT2D eigenvalue weighted by molar-refractivity contribution is -0.0151. The highest BCUT2D eigenvalue weighted by Crippen LogP contribution is 2.34. The van der Waals surface area contributed by atoms with Crippen LogP contribution in [0.15, 0.2) is 0 Å². The first-order valence-corrected chi connectivity index (χ1v) is 8.96. The highest BCUT2D eigenvalue weighted by atomic mass is 28.4. The van der Waals surface area contributed by atoms with Gasteiger partial charge in [-0.05, 0) is 38.9 Å². The van der Waals surface area contributed by atoms with Crippen molar-refractivity contribution >= 4 is 8.32 Å². The lowest BCUT2D eigenvalue weighted by Crippen LogP contribution is -2.46. The largest absolute Gasteiger partial charge is 0.400 e. The number of hydrogen-bond donors (Lipinski definition) is 0. The second kappa shape index (κ2) is 4.65. The molecular formula is C11H21NO2Si. The van der Waals surface area contributed by atoms with Gasteiger partial charge in [-0.2, -0.15) is 5.26 Å². The molecule has 2 unspecified atom stereocenters. The van der Waals surface area contributed by atoms with Crippen molar-refractivity contribution in [3.63, 3.8) is 0 Å². The van der Waals surface area contributed by atoms with Gasteiger partial charge in [-0.15, -0.1) is 0 Å². The Balaban J connectivity index is 2.72. The standard InChI is InChI=1S/C11H21NO2Si/c1-13-10-6-5-7-11(8-10,9-12)14-15(2,3)4/h10H,5-8H2,1-4H3. The Morgan fingerprint density at radius 3 is 2.53 bits per heavy atom. The number of rotatable bonds is 3. The first-order chi connectivity index (χ1) is 6.91. The maximum Gasteiger partial charge on any atom is 0.185 e. The molecule has 15 heavy (non-hydrogen) atoms. The molecule has 0 bridgehead atoms. The van der Waals surface area contributed by atoms with E-state index in [0.29, 0.717) is 0 Å². The summed E-state index contributed by atoms with van der Waals surface area (Å²) in [5.74, 6) is 0. The Hall–Kier alpha value is -0.373. The van der Waals surface area contributed by atoms with E-state index in [-0.39, 0.29) is 6.10 Å². The lowest BCUT2D eigenvalue weighted by atomic mass is 9.84. The first-order valence-electron chi connectivity index (χ1n) is 5.55. The molecule has 1 aliphatic carbocycles. The van der Waals surface area contributed by atoms with Crippen molar-refractivity contribution in [1.82, 2.24) is 0 Å². The average molecular weight is 227 g/mol. The van der Waals surface area contributed by atoms with Gasteiger partial charge in [-0.1, -0.05) is 0 Å². The van der Waals surface area contributed by atoms with Crippen LogP contribution in [0.3, 0.4) is 0 Å². The monoisotopic (exact) mass is 227 g/mol. The minimum Gasteiger partial charge on any atom is -0.400 e. The van der Waals surface area contributed by atoms with Crippen molar-refractivity contribution in [1.29, 1.82) is 5.26 Å². The fraction of sp³-hybridized carbons (Fsp3) is 0.909. The summed E-state index contributed by atoms with van der Waals surface area (Å²) in [6.07, 6.45) is 3.85. The Morgan fingerprint density at radius 1 is 1.40 bits per heavy atom. The Morgan fingerprint density at radius 2 is 2.07 bits per heavy atom. The molecule has 0 radical (unpaired) electrons. The summed E-state index contributed by atoms with van der Waals surface area (Å²) in [5, 5.41) is 9.31. The van der Waals surface area contributed by atoms with Crippen LogP contribution in [0, 0.1) is 11.3 Å². The van der Waals surface area contributed by atoms with Gasteiger partial charge in [0.25, 0.3) is 0 Å². The fourth-order valence-electron chi connectivity index (χ4n) is 2.19. The average Bonchev–Trinajstić information content (AvgIpc) is 2.15. The van der Waals surface area contributed by atoms with Crippen LogP contribution < -0.4 is 0 Å². The minimum absolute atomic E-state index is 0.190. The van der Waals surface area contributed by atoms with E-state index in [1.165, 1.54) is 0 Å². The maximum absolute atomic E-state index is 9.31. The van der Waals surface area contributed by atoms with E-state index in [2.05, 4.69) is 25.7 Å². The number of nitriles is 1. The van der Waals surface area contributed by atoms with Crippen LogP contribution in [0.1, 0.15) is 25.7 Å². The van der Waals surface area contributed by atoms with Crippen molar-refractivity contribution in [2.24, 2.45) is 0 Å². The van der Waals surface area contributed by atoms with Crippen LogP contribution in [-0.4, -0.2) is 27.1 Å².